The number of anilines is 1. The summed E-state index contributed by atoms with van der Waals surface area (Å²) in [5.74, 6) is -0.0656. The van der Waals surface area contributed by atoms with E-state index in [9.17, 15) is 4.79 Å². The third-order valence-corrected chi connectivity index (χ3v) is 3.72. The zero-order valence-electron chi connectivity index (χ0n) is 11.5. The van der Waals surface area contributed by atoms with Crippen LogP contribution < -0.4 is 4.90 Å². The second-order valence-corrected chi connectivity index (χ2v) is 5.09. The molecule has 100 valence electrons. The van der Waals surface area contributed by atoms with Gasteiger partial charge in [-0.05, 0) is 36.0 Å². The molecular weight excluding hydrogens is 258 g/mol. The molecule has 0 bridgehead atoms. The van der Waals surface area contributed by atoms with Crippen molar-refractivity contribution >= 4 is 35.0 Å². The van der Waals surface area contributed by atoms with E-state index in [2.05, 4.69) is 0 Å². The molecule has 1 aromatic carbocycles. The minimum Gasteiger partial charge on any atom is -0.378 e. The van der Waals surface area contributed by atoms with Crippen molar-refractivity contribution in [2.75, 3.05) is 33.1 Å². The fourth-order valence-electron chi connectivity index (χ4n) is 1.92. The van der Waals surface area contributed by atoms with E-state index in [1.165, 1.54) is 4.90 Å². The first-order valence-electron chi connectivity index (χ1n) is 5.96. The lowest BCUT2D eigenvalue weighted by molar-refractivity contribution is -0.121. The first-order chi connectivity index (χ1) is 8.91. The minimum absolute atomic E-state index is 0.0656. The van der Waals surface area contributed by atoms with Crippen molar-refractivity contribution in [3.63, 3.8) is 0 Å². The quantitative estimate of drug-likeness (QED) is 0.607. The van der Waals surface area contributed by atoms with E-state index in [0.29, 0.717) is 10.8 Å². The summed E-state index contributed by atoms with van der Waals surface area (Å²) in [5, 5.41) is 0.529. The zero-order valence-corrected chi connectivity index (χ0v) is 12.4. The van der Waals surface area contributed by atoms with Crippen LogP contribution in [0.4, 0.5) is 5.69 Å². The van der Waals surface area contributed by atoms with Gasteiger partial charge in [-0.3, -0.25) is 9.69 Å². The normalized spacial score (nSPS) is 17.6. The summed E-state index contributed by atoms with van der Waals surface area (Å²) in [4.78, 5) is 17.3. The minimum atomic E-state index is -0.0656. The zero-order chi connectivity index (χ0) is 14.2. The van der Waals surface area contributed by atoms with Gasteiger partial charge in [0.15, 0.2) is 5.11 Å². The van der Waals surface area contributed by atoms with Crippen LogP contribution in [0.25, 0.3) is 6.08 Å². The molecule has 0 aliphatic carbocycles. The first kappa shape index (κ1) is 13.5. The monoisotopic (exact) mass is 275 g/mol. The Balaban J connectivity index is 2.31. The topological polar surface area (TPSA) is 26.8 Å². The summed E-state index contributed by atoms with van der Waals surface area (Å²) in [7, 11) is 7.49. The number of carbonyl (C=O) groups is 1. The van der Waals surface area contributed by atoms with Gasteiger partial charge in [-0.15, -0.1) is 0 Å². The Bertz CT molecular complexity index is 548. The van der Waals surface area contributed by atoms with Crippen molar-refractivity contribution in [2.45, 2.75) is 0 Å². The molecule has 1 aromatic rings. The van der Waals surface area contributed by atoms with E-state index in [4.69, 9.17) is 12.2 Å². The summed E-state index contributed by atoms with van der Waals surface area (Å²) in [6.07, 6.45) is 1.86. The molecule has 0 unspecified atom stereocenters. The van der Waals surface area contributed by atoms with Crippen molar-refractivity contribution in [1.29, 1.82) is 0 Å². The molecule has 1 aliphatic rings. The summed E-state index contributed by atoms with van der Waals surface area (Å²) < 4.78 is 0. The highest BCUT2D eigenvalue weighted by Gasteiger charge is 2.32. The Labute approximate surface area is 118 Å². The second kappa shape index (κ2) is 5.01. The van der Waals surface area contributed by atoms with Gasteiger partial charge in [-0.2, -0.15) is 0 Å². The molecule has 5 heteroatoms. The Kier molecular flexibility index (Phi) is 3.57. The fourth-order valence-corrected chi connectivity index (χ4v) is 2.10. The number of likely N-dealkylation sites (N-methyl/N-ethyl adjacent to an activating group) is 2. The molecular formula is C14H17N3OS. The van der Waals surface area contributed by atoms with Crippen LogP contribution in [0.5, 0.6) is 0 Å². The van der Waals surface area contributed by atoms with Crippen molar-refractivity contribution in [3.8, 4) is 0 Å². The molecule has 0 radical (unpaired) electrons. The molecule has 19 heavy (non-hydrogen) atoms. The van der Waals surface area contributed by atoms with Gasteiger partial charge in [0.2, 0.25) is 0 Å². The summed E-state index contributed by atoms with van der Waals surface area (Å²) in [6, 6.07) is 8.03. The Morgan fingerprint density at radius 2 is 1.68 bits per heavy atom. The number of thiocarbonyl (C=S) groups is 1. The number of amides is 1. The second-order valence-electron chi connectivity index (χ2n) is 4.72. The molecule has 0 atom stereocenters. The van der Waals surface area contributed by atoms with Crippen LogP contribution in [0.1, 0.15) is 5.56 Å². The van der Waals surface area contributed by atoms with E-state index in [1.54, 1.807) is 11.9 Å². The predicted octanol–water partition coefficient (Wildman–Crippen LogP) is 1.78. The standard InChI is InChI=1S/C14H17N3OS/c1-15(2)11-7-5-10(6-8-11)9-12-13(18)17(4)14(19)16(12)3/h5-9H,1-4H3/b12-9+. The molecule has 1 fully saturated rings. The summed E-state index contributed by atoms with van der Waals surface area (Å²) in [5.41, 5.74) is 2.71. The van der Waals surface area contributed by atoms with Crippen molar-refractivity contribution in [3.05, 3.63) is 35.5 Å². The SMILES string of the molecule is CN1C(=O)/C(=C\c2ccc(N(C)C)cc2)N(C)C1=S. The molecule has 1 aliphatic heterocycles. The average Bonchev–Trinajstić information content (AvgIpc) is 2.57. The van der Waals surface area contributed by atoms with E-state index >= 15 is 0 Å². The largest absolute Gasteiger partial charge is 0.378 e. The fraction of sp³-hybridized carbons (Fsp3) is 0.286. The maximum Gasteiger partial charge on any atom is 0.276 e. The number of hydrogen-bond donors (Lipinski definition) is 0. The Morgan fingerprint density at radius 1 is 1.11 bits per heavy atom. The average molecular weight is 275 g/mol. The van der Waals surface area contributed by atoms with Gasteiger partial charge in [0.05, 0.1) is 0 Å². The van der Waals surface area contributed by atoms with Gasteiger partial charge in [0.1, 0.15) is 5.70 Å². The van der Waals surface area contributed by atoms with E-state index in [0.717, 1.165) is 11.3 Å². The Hall–Kier alpha value is -1.88. The van der Waals surface area contributed by atoms with Gasteiger partial charge in [0.25, 0.3) is 5.91 Å². The molecule has 2 rings (SSSR count). The molecule has 1 amide bonds. The van der Waals surface area contributed by atoms with Crippen LogP contribution in [-0.2, 0) is 4.79 Å². The van der Waals surface area contributed by atoms with Crippen LogP contribution >= 0.6 is 12.2 Å². The molecule has 1 saturated heterocycles. The summed E-state index contributed by atoms with van der Waals surface area (Å²) in [6.45, 7) is 0. The van der Waals surface area contributed by atoms with Crippen LogP contribution in [0.15, 0.2) is 30.0 Å². The van der Waals surface area contributed by atoms with Gasteiger partial charge in [-0.1, -0.05) is 12.1 Å². The van der Waals surface area contributed by atoms with Crippen LogP contribution in [0, 0.1) is 0 Å². The lowest BCUT2D eigenvalue weighted by Gasteiger charge is -2.13. The third kappa shape index (κ3) is 2.46. The predicted molar refractivity (Wildman–Crippen MR) is 81.9 cm³/mol. The van der Waals surface area contributed by atoms with E-state index < -0.39 is 0 Å². The molecule has 0 saturated carbocycles. The van der Waals surface area contributed by atoms with Crippen LogP contribution in [0.3, 0.4) is 0 Å². The van der Waals surface area contributed by atoms with E-state index in [1.807, 2.05) is 56.4 Å². The highest BCUT2D eigenvalue weighted by molar-refractivity contribution is 7.80. The van der Waals surface area contributed by atoms with Gasteiger partial charge < -0.3 is 9.80 Å². The van der Waals surface area contributed by atoms with Crippen LogP contribution in [0.2, 0.25) is 0 Å². The lowest BCUT2D eigenvalue weighted by Crippen LogP contribution is -2.26. The molecule has 0 aromatic heterocycles. The lowest BCUT2D eigenvalue weighted by atomic mass is 10.1. The number of carbonyl (C=O) groups excluding carboxylic acids is 1. The molecule has 4 nitrogen and oxygen atoms in total. The smallest absolute Gasteiger partial charge is 0.276 e. The van der Waals surface area contributed by atoms with Gasteiger partial charge >= 0.3 is 0 Å². The number of nitrogens with zero attached hydrogens (tertiary/aromatic N) is 3. The number of rotatable bonds is 2. The molecule has 1 heterocycles. The molecule has 0 N–H and O–H groups in total. The highest BCUT2D eigenvalue weighted by Crippen LogP contribution is 2.21. The van der Waals surface area contributed by atoms with Crippen molar-refractivity contribution < 1.29 is 4.79 Å². The summed E-state index contributed by atoms with van der Waals surface area (Å²) >= 11 is 5.17. The van der Waals surface area contributed by atoms with Gasteiger partial charge in [0, 0.05) is 33.9 Å². The third-order valence-electron chi connectivity index (χ3n) is 3.17. The van der Waals surface area contributed by atoms with Crippen LogP contribution in [-0.4, -0.2) is 49.0 Å². The highest BCUT2D eigenvalue weighted by atomic mass is 32.1. The van der Waals surface area contributed by atoms with E-state index in [-0.39, 0.29) is 5.91 Å². The van der Waals surface area contributed by atoms with Crippen molar-refractivity contribution in [1.82, 2.24) is 9.80 Å². The van der Waals surface area contributed by atoms with Gasteiger partial charge in [-0.25, -0.2) is 0 Å². The molecule has 0 spiro atoms. The maximum absolute atomic E-state index is 12.0. The van der Waals surface area contributed by atoms with Crippen molar-refractivity contribution in [2.24, 2.45) is 0 Å². The number of hydrogen-bond acceptors (Lipinski definition) is 3. The maximum atomic E-state index is 12.0. The Morgan fingerprint density at radius 3 is 2.11 bits per heavy atom. The first-order valence-corrected chi connectivity index (χ1v) is 6.37. The number of benzene rings is 1.